The van der Waals surface area contributed by atoms with Crippen LogP contribution in [0.2, 0.25) is 0 Å². The Morgan fingerprint density at radius 1 is 1.12 bits per heavy atom. The van der Waals surface area contributed by atoms with E-state index in [1.165, 1.54) is 29.8 Å². The number of rotatable bonds is 4. The molecule has 132 valence electrons. The molecule has 0 N–H and O–H groups in total. The maximum absolute atomic E-state index is 13.1. The normalized spacial score (nSPS) is 14.1. The standard InChI is InChI=1S/C18H19FN2O3S/c1-25(23,24)21(17-8-6-16(19)7-9-17)13-18(22)20-11-10-14-4-2-3-5-15(14)12-20/h2-9H,10-13H2,1H3. The third kappa shape index (κ3) is 3.99. The molecule has 0 aromatic heterocycles. The van der Waals surface area contributed by atoms with Crippen molar-refractivity contribution in [2.75, 3.05) is 23.7 Å². The van der Waals surface area contributed by atoms with Gasteiger partial charge in [0.25, 0.3) is 0 Å². The zero-order valence-electron chi connectivity index (χ0n) is 13.9. The van der Waals surface area contributed by atoms with E-state index in [0.717, 1.165) is 22.5 Å². The highest BCUT2D eigenvalue weighted by Gasteiger charge is 2.26. The number of nitrogens with zero attached hydrogens (tertiary/aromatic N) is 2. The van der Waals surface area contributed by atoms with Gasteiger partial charge in [-0.1, -0.05) is 24.3 Å². The van der Waals surface area contributed by atoms with E-state index in [9.17, 15) is 17.6 Å². The average Bonchev–Trinajstić information content (AvgIpc) is 2.59. The second kappa shape index (κ2) is 6.84. The quantitative estimate of drug-likeness (QED) is 0.838. The molecule has 25 heavy (non-hydrogen) atoms. The molecule has 0 unspecified atom stereocenters. The van der Waals surface area contributed by atoms with Gasteiger partial charge in [0.2, 0.25) is 15.9 Å². The van der Waals surface area contributed by atoms with E-state index in [2.05, 4.69) is 0 Å². The Labute approximate surface area is 146 Å². The van der Waals surface area contributed by atoms with Crippen LogP contribution in [0.4, 0.5) is 10.1 Å². The van der Waals surface area contributed by atoms with Crippen LogP contribution in [0.5, 0.6) is 0 Å². The Kier molecular flexibility index (Phi) is 4.76. The van der Waals surface area contributed by atoms with Gasteiger partial charge in [-0.2, -0.15) is 0 Å². The number of amides is 1. The van der Waals surface area contributed by atoms with Gasteiger partial charge < -0.3 is 4.90 Å². The van der Waals surface area contributed by atoms with E-state index in [4.69, 9.17) is 0 Å². The fourth-order valence-corrected chi connectivity index (χ4v) is 3.79. The lowest BCUT2D eigenvalue weighted by atomic mass is 10.00. The number of fused-ring (bicyclic) bond motifs is 1. The summed E-state index contributed by atoms with van der Waals surface area (Å²) in [6, 6.07) is 13.0. The van der Waals surface area contributed by atoms with Crippen molar-refractivity contribution in [1.82, 2.24) is 4.90 Å². The number of carbonyl (C=O) groups is 1. The first-order chi connectivity index (χ1) is 11.8. The van der Waals surface area contributed by atoms with Crippen molar-refractivity contribution in [1.29, 1.82) is 0 Å². The molecule has 1 aliphatic heterocycles. The highest BCUT2D eigenvalue weighted by atomic mass is 32.2. The van der Waals surface area contributed by atoms with E-state index < -0.39 is 15.8 Å². The van der Waals surface area contributed by atoms with Gasteiger partial charge in [0.15, 0.2) is 0 Å². The minimum atomic E-state index is -3.66. The first kappa shape index (κ1) is 17.4. The van der Waals surface area contributed by atoms with E-state index in [0.29, 0.717) is 13.1 Å². The van der Waals surface area contributed by atoms with Crippen LogP contribution in [0.1, 0.15) is 11.1 Å². The zero-order chi connectivity index (χ0) is 18.0. The monoisotopic (exact) mass is 362 g/mol. The predicted molar refractivity (Wildman–Crippen MR) is 94.2 cm³/mol. The molecule has 0 bridgehead atoms. The Morgan fingerprint density at radius 2 is 1.76 bits per heavy atom. The van der Waals surface area contributed by atoms with Crippen LogP contribution in [0.25, 0.3) is 0 Å². The molecule has 0 atom stereocenters. The number of anilines is 1. The fraction of sp³-hybridized carbons (Fsp3) is 0.278. The van der Waals surface area contributed by atoms with Crippen molar-refractivity contribution in [3.8, 4) is 0 Å². The van der Waals surface area contributed by atoms with Crippen molar-refractivity contribution in [3.63, 3.8) is 0 Å². The molecule has 5 nitrogen and oxygen atoms in total. The molecule has 1 heterocycles. The van der Waals surface area contributed by atoms with Gasteiger partial charge in [-0.05, 0) is 41.8 Å². The summed E-state index contributed by atoms with van der Waals surface area (Å²) in [7, 11) is -3.66. The summed E-state index contributed by atoms with van der Waals surface area (Å²) in [5.74, 6) is -0.736. The summed E-state index contributed by atoms with van der Waals surface area (Å²) in [5, 5.41) is 0. The van der Waals surface area contributed by atoms with Crippen LogP contribution < -0.4 is 4.31 Å². The largest absolute Gasteiger partial charge is 0.336 e. The van der Waals surface area contributed by atoms with Crippen molar-refractivity contribution in [3.05, 3.63) is 65.5 Å². The molecule has 0 aliphatic carbocycles. The van der Waals surface area contributed by atoms with E-state index in [-0.39, 0.29) is 18.1 Å². The van der Waals surface area contributed by atoms with Crippen LogP contribution in [0.3, 0.4) is 0 Å². The predicted octanol–water partition coefficient (Wildman–Crippen LogP) is 2.18. The summed E-state index contributed by atoms with van der Waals surface area (Å²) in [6.45, 7) is 0.722. The second-order valence-corrected chi connectivity index (χ2v) is 7.99. The van der Waals surface area contributed by atoms with Gasteiger partial charge in [0, 0.05) is 13.1 Å². The number of hydrogen-bond acceptors (Lipinski definition) is 3. The SMILES string of the molecule is CS(=O)(=O)N(CC(=O)N1CCc2ccccc2C1)c1ccc(F)cc1. The highest BCUT2D eigenvalue weighted by molar-refractivity contribution is 7.92. The van der Waals surface area contributed by atoms with Crippen molar-refractivity contribution in [2.45, 2.75) is 13.0 Å². The number of hydrogen-bond donors (Lipinski definition) is 0. The maximum Gasteiger partial charge on any atom is 0.243 e. The molecule has 0 saturated carbocycles. The van der Waals surface area contributed by atoms with Gasteiger partial charge in [0.1, 0.15) is 12.4 Å². The molecule has 1 amide bonds. The van der Waals surface area contributed by atoms with Gasteiger partial charge >= 0.3 is 0 Å². The fourth-order valence-electron chi connectivity index (χ4n) is 2.94. The van der Waals surface area contributed by atoms with E-state index >= 15 is 0 Å². The molecule has 7 heteroatoms. The molecule has 1 aliphatic rings. The first-order valence-corrected chi connectivity index (χ1v) is 9.77. The molecule has 2 aromatic rings. The van der Waals surface area contributed by atoms with E-state index in [1.807, 2.05) is 24.3 Å². The van der Waals surface area contributed by atoms with E-state index in [1.54, 1.807) is 4.90 Å². The zero-order valence-corrected chi connectivity index (χ0v) is 14.7. The van der Waals surface area contributed by atoms with Crippen LogP contribution in [0.15, 0.2) is 48.5 Å². The summed E-state index contributed by atoms with van der Waals surface area (Å²) in [4.78, 5) is 14.3. The molecule has 3 rings (SSSR count). The minimum absolute atomic E-state index is 0.273. The number of carbonyl (C=O) groups excluding carboxylic acids is 1. The third-order valence-electron chi connectivity index (χ3n) is 4.28. The molecule has 0 radical (unpaired) electrons. The summed E-state index contributed by atoms with van der Waals surface area (Å²) >= 11 is 0. The summed E-state index contributed by atoms with van der Waals surface area (Å²) in [6.07, 6.45) is 1.78. The minimum Gasteiger partial charge on any atom is -0.336 e. The number of halogens is 1. The van der Waals surface area contributed by atoms with Crippen LogP contribution in [-0.2, 0) is 27.8 Å². The lowest BCUT2D eigenvalue weighted by Gasteiger charge is -2.31. The Balaban J connectivity index is 1.79. The maximum atomic E-state index is 13.1. The van der Waals surface area contributed by atoms with Crippen molar-refractivity contribution < 1.29 is 17.6 Å². The van der Waals surface area contributed by atoms with Crippen molar-refractivity contribution in [2.24, 2.45) is 0 Å². The van der Waals surface area contributed by atoms with Gasteiger partial charge in [-0.25, -0.2) is 12.8 Å². The Bertz CT molecular complexity index is 881. The topological polar surface area (TPSA) is 57.7 Å². The smallest absolute Gasteiger partial charge is 0.243 e. The van der Waals surface area contributed by atoms with Crippen molar-refractivity contribution >= 4 is 21.6 Å². The van der Waals surface area contributed by atoms with Gasteiger partial charge in [0.05, 0.1) is 11.9 Å². The van der Waals surface area contributed by atoms with Gasteiger partial charge in [-0.3, -0.25) is 9.10 Å². The molecular weight excluding hydrogens is 343 g/mol. The summed E-state index contributed by atoms with van der Waals surface area (Å²) < 4.78 is 38.3. The highest BCUT2D eigenvalue weighted by Crippen LogP contribution is 2.21. The number of sulfonamides is 1. The van der Waals surface area contributed by atoms with Crippen LogP contribution in [0, 0.1) is 5.82 Å². The van der Waals surface area contributed by atoms with Gasteiger partial charge in [-0.15, -0.1) is 0 Å². The van der Waals surface area contributed by atoms with Crippen LogP contribution in [-0.4, -0.2) is 38.6 Å². The van der Waals surface area contributed by atoms with Crippen LogP contribution >= 0.6 is 0 Å². The lowest BCUT2D eigenvalue weighted by molar-refractivity contribution is -0.130. The second-order valence-electron chi connectivity index (χ2n) is 6.08. The third-order valence-corrected chi connectivity index (χ3v) is 5.42. The Morgan fingerprint density at radius 3 is 2.40 bits per heavy atom. The number of benzene rings is 2. The average molecular weight is 362 g/mol. The molecule has 0 fully saturated rings. The molecule has 0 saturated heterocycles. The first-order valence-electron chi connectivity index (χ1n) is 7.92. The Hall–Kier alpha value is -2.41. The lowest BCUT2D eigenvalue weighted by Crippen LogP contribution is -2.44. The summed E-state index contributed by atoms with van der Waals surface area (Å²) in [5.41, 5.74) is 2.56. The molecule has 2 aromatic carbocycles. The molecular formula is C18H19FN2O3S. The molecule has 0 spiro atoms.